The van der Waals surface area contributed by atoms with Crippen molar-refractivity contribution in [1.82, 2.24) is 9.55 Å². The maximum atomic E-state index is 14.0. The van der Waals surface area contributed by atoms with Crippen molar-refractivity contribution in [3.63, 3.8) is 0 Å². The maximum absolute atomic E-state index is 14.0. The van der Waals surface area contributed by atoms with Crippen LogP contribution < -0.4 is 24.4 Å². The van der Waals surface area contributed by atoms with Gasteiger partial charge in [-0.2, -0.15) is 0 Å². The SMILES string of the molecule is CCOC(=O)C1=C(C)N=c2s/c(=C\c3c(C)[nH]c4ccccc34)c(=O)n2[C@@H]1c1ccc(OC)cc1OC. The zero-order valence-electron chi connectivity index (χ0n) is 21.2. The summed E-state index contributed by atoms with van der Waals surface area (Å²) in [4.78, 5) is 35.7. The first kappa shape index (κ1) is 24.6. The summed E-state index contributed by atoms with van der Waals surface area (Å²) in [6, 6.07) is 12.5. The van der Waals surface area contributed by atoms with Crippen LogP contribution in [-0.4, -0.2) is 36.3 Å². The molecule has 2 aromatic carbocycles. The number of methoxy groups -OCH3 is 2. The topological polar surface area (TPSA) is 94.9 Å². The molecule has 0 saturated heterocycles. The van der Waals surface area contributed by atoms with Crippen molar-refractivity contribution in [3.05, 3.63) is 90.2 Å². The predicted octanol–water partition coefficient (Wildman–Crippen LogP) is 3.61. The average molecular weight is 518 g/mol. The van der Waals surface area contributed by atoms with E-state index < -0.39 is 12.0 Å². The number of H-pyrrole nitrogens is 1. The quantitative estimate of drug-likeness (QED) is 0.395. The summed E-state index contributed by atoms with van der Waals surface area (Å²) in [6.45, 7) is 5.69. The summed E-state index contributed by atoms with van der Waals surface area (Å²) in [7, 11) is 3.11. The Hall–Kier alpha value is -4.11. The number of nitrogens with zero attached hydrogens (tertiary/aromatic N) is 2. The van der Waals surface area contributed by atoms with E-state index >= 15 is 0 Å². The molecule has 0 bridgehead atoms. The molecule has 1 aliphatic heterocycles. The van der Waals surface area contributed by atoms with Crippen molar-refractivity contribution in [2.45, 2.75) is 26.8 Å². The second-order valence-corrected chi connectivity index (χ2v) is 9.63. The fourth-order valence-corrected chi connectivity index (χ4v) is 5.77. The molecule has 0 spiro atoms. The largest absolute Gasteiger partial charge is 0.497 e. The van der Waals surface area contributed by atoms with Crippen molar-refractivity contribution in [2.24, 2.45) is 4.99 Å². The van der Waals surface area contributed by atoms with Crippen molar-refractivity contribution in [1.29, 1.82) is 0 Å². The predicted molar refractivity (Wildman–Crippen MR) is 143 cm³/mol. The van der Waals surface area contributed by atoms with E-state index in [2.05, 4.69) is 9.98 Å². The lowest BCUT2D eigenvalue weighted by Gasteiger charge is -2.26. The lowest BCUT2D eigenvalue weighted by Crippen LogP contribution is -2.40. The van der Waals surface area contributed by atoms with Crippen LogP contribution in [-0.2, 0) is 9.53 Å². The van der Waals surface area contributed by atoms with Crippen LogP contribution in [0.25, 0.3) is 17.0 Å². The van der Waals surface area contributed by atoms with Gasteiger partial charge in [-0.1, -0.05) is 29.5 Å². The van der Waals surface area contributed by atoms with Crippen LogP contribution in [0.1, 0.15) is 36.7 Å². The van der Waals surface area contributed by atoms with Gasteiger partial charge in [0, 0.05) is 33.8 Å². The lowest BCUT2D eigenvalue weighted by atomic mass is 9.95. The van der Waals surface area contributed by atoms with Gasteiger partial charge in [-0.3, -0.25) is 9.36 Å². The number of hydrogen-bond donors (Lipinski definition) is 1. The monoisotopic (exact) mass is 517 g/mol. The molecule has 3 heterocycles. The number of carbonyl (C=O) groups is 1. The highest BCUT2D eigenvalue weighted by Gasteiger charge is 2.35. The second kappa shape index (κ2) is 9.74. The molecule has 4 aromatic rings. The molecule has 5 rings (SSSR count). The molecule has 1 atom stereocenters. The van der Waals surface area contributed by atoms with Gasteiger partial charge >= 0.3 is 5.97 Å². The Morgan fingerprint density at radius 2 is 1.95 bits per heavy atom. The fourth-order valence-electron chi connectivity index (χ4n) is 4.75. The number of aromatic nitrogens is 2. The van der Waals surface area contributed by atoms with Gasteiger partial charge in [-0.15, -0.1) is 0 Å². The number of hydrogen-bond acceptors (Lipinski definition) is 7. The smallest absolute Gasteiger partial charge is 0.338 e. The highest BCUT2D eigenvalue weighted by Crippen LogP contribution is 2.37. The van der Waals surface area contributed by atoms with Gasteiger partial charge in [0.2, 0.25) is 0 Å². The lowest BCUT2D eigenvalue weighted by molar-refractivity contribution is -0.139. The van der Waals surface area contributed by atoms with Crippen molar-refractivity contribution >= 4 is 34.3 Å². The molecule has 1 N–H and O–H groups in total. The number of rotatable bonds is 6. The van der Waals surface area contributed by atoms with Gasteiger partial charge < -0.3 is 19.2 Å². The van der Waals surface area contributed by atoms with Gasteiger partial charge in [-0.05, 0) is 45.0 Å². The van der Waals surface area contributed by atoms with E-state index in [1.165, 1.54) is 11.3 Å². The van der Waals surface area contributed by atoms with Crippen LogP contribution in [0.4, 0.5) is 0 Å². The minimum absolute atomic E-state index is 0.201. The Balaban J connectivity index is 1.78. The van der Waals surface area contributed by atoms with Crippen molar-refractivity contribution in [2.75, 3.05) is 20.8 Å². The summed E-state index contributed by atoms with van der Waals surface area (Å²) in [5.74, 6) is 0.567. The number of carbonyl (C=O) groups excluding carboxylic acids is 1. The van der Waals surface area contributed by atoms with E-state index in [0.29, 0.717) is 37.7 Å². The van der Waals surface area contributed by atoms with Gasteiger partial charge in [0.25, 0.3) is 5.56 Å². The first-order valence-electron chi connectivity index (χ1n) is 11.9. The molecular weight excluding hydrogens is 490 g/mol. The Bertz CT molecular complexity index is 1740. The van der Waals surface area contributed by atoms with E-state index in [4.69, 9.17) is 14.2 Å². The Kier molecular flexibility index (Phi) is 6.47. The number of allylic oxidation sites excluding steroid dienone is 1. The first-order chi connectivity index (χ1) is 17.9. The van der Waals surface area contributed by atoms with Crippen LogP contribution >= 0.6 is 11.3 Å². The summed E-state index contributed by atoms with van der Waals surface area (Å²) in [6.07, 6.45) is 1.89. The average Bonchev–Trinajstić information content (AvgIpc) is 3.38. The highest BCUT2D eigenvalue weighted by molar-refractivity contribution is 7.07. The third-order valence-corrected chi connectivity index (χ3v) is 7.45. The summed E-state index contributed by atoms with van der Waals surface area (Å²) in [5.41, 5.74) is 4.09. The first-order valence-corrected chi connectivity index (χ1v) is 12.7. The van der Waals surface area contributed by atoms with Crippen molar-refractivity contribution < 1.29 is 19.0 Å². The highest BCUT2D eigenvalue weighted by atomic mass is 32.1. The van der Waals surface area contributed by atoms with Gasteiger partial charge in [-0.25, -0.2) is 9.79 Å². The molecule has 37 heavy (non-hydrogen) atoms. The fraction of sp³-hybridized carbons (Fsp3) is 0.250. The molecular formula is C28H27N3O5S. The minimum Gasteiger partial charge on any atom is -0.497 e. The molecule has 0 amide bonds. The van der Waals surface area contributed by atoms with E-state index in [9.17, 15) is 9.59 Å². The third-order valence-electron chi connectivity index (χ3n) is 6.47. The number of fused-ring (bicyclic) bond motifs is 2. The Morgan fingerprint density at radius 1 is 1.16 bits per heavy atom. The van der Waals surface area contributed by atoms with Crippen LogP contribution in [0, 0.1) is 6.92 Å². The number of para-hydroxylation sites is 1. The van der Waals surface area contributed by atoms with E-state index in [1.807, 2.05) is 37.3 Å². The molecule has 0 saturated carbocycles. The van der Waals surface area contributed by atoms with Gasteiger partial charge in [0.15, 0.2) is 4.80 Å². The van der Waals surface area contributed by atoms with Gasteiger partial charge in [0.1, 0.15) is 17.5 Å². The Labute approximate surface area is 217 Å². The van der Waals surface area contributed by atoms with Crippen LogP contribution in [0.3, 0.4) is 0 Å². The molecule has 2 aromatic heterocycles. The minimum atomic E-state index is -0.776. The molecule has 1 aliphatic rings. The molecule has 0 radical (unpaired) electrons. The summed E-state index contributed by atoms with van der Waals surface area (Å²) < 4.78 is 18.5. The molecule has 8 nitrogen and oxygen atoms in total. The number of thiazole rings is 1. The number of ether oxygens (including phenoxy) is 3. The number of aromatic amines is 1. The summed E-state index contributed by atoms with van der Waals surface area (Å²) in [5, 5.41) is 1.03. The number of aryl methyl sites for hydroxylation is 1. The van der Waals surface area contributed by atoms with Crippen molar-refractivity contribution in [3.8, 4) is 11.5 Å². The normalized spacial score (nSPS) is 15.5. The standard InChI is InChI=1S/C28H27N3O5S/c1-6-36-27(33)24-16(3)30-28-31(25(24)19-12-11-17(34-4)13-22(19)35-5)26(32)23(37-28)14-20-15(2)29-21-10-8-7-9-18(20)21/h7-14,25,29H,6H2,1-5H3/b23-14-/t25-/m1/s1. The van der Waals surface area contributed by atoms with Crippen LogP contribution in [0.15, 0.2) is 63.5 Å². The molecule has 190 valence electrons. The second-order valence-electron chi connectivity index (χ2n) is 8.62. The van der Waals surface area contributed by atoms with Gasteiger partial charge in [0.05, 0.1) is 36.6 Å². The van der Waals surface area contributed by atoms with E-state index in [-0.39, 0.29) is 12.2 Å². The third kappa shape index (κ3) is 4.15. The Morgan fingerprint density at radius 3 is 2.68 bits per heavy atom. The van der Waals surface area contributed by atoms with Crippen LogP contribution in [0.2, 0.25) is 0 Å². The number of esters is 1. The molecule has 0 aliphatic carbocycles. The number of nitrogens with one attached hydrogen (secondary N) is 1. The number of benzene rings is 2. The summed E-state index contributed by atoms with van der Waals surface area (Å²) >= 11 is 1.29. The van der Waals surface area contributed by atoms with E-state index in [1.54, 1.807) is 50.8 Å². The zero-order valence-corrected chi connectivity index (χ0v) is 22.1. The molecule has 0 fully saturated rings. The molecule has 0 unspecified atom stereocenters. The zero-order chi connectivity index (χ0) is 26.3. The van der Waals surface area contributed by atoms with Crippen LogP contribution in [0.5, 0.6) is 11.5 Å². The molecule has 9 heteroatoms. The maximum Gasteiger partial charge on any atom is 0.338 e. The van der Waals surface area contributed by atoms with E-state index in [0.717, 1.165) is 22.2 Å².